The smallest absolute Gasteiger partial charge is 0.132 e. The summed E-state index contributed by atoms with van der Waals surface area (Å²) in [5.74, 6) is 0. The SMILES string of the molecule is CCc1cc(I)c(N)c(N=O)c1. The first-order valence-electron chi connectivity index (χ1n) is 3.60. The van der Waals surface area contributed by atoms with Crippen LogP contribution >= 0.6 is 22.6 Å². The number of anilines is 1. The predicted molar refractivity (Wildman–Crippen MR) is 58.4 cm³/mol. The number of aryl methyl sites for hydroxylation is 1. The highest BCUT2D eigenvalue weighted by Crippen LogP contribution is 2.28. The predicted octanol–water partition coefficient (Wildman–Crippen LogP) is 2.83. The Morgan fingerprint density at radius 2 is 2.25 bits per heavy atom. The van der Waals surface area contributed by atoms with E-state index in [1.54, 1.807) is 6.07 Å². The van der Waals surface area contributed by atoms with Gasteiger partial charge in [-0.2, -0.15) is 0 Å². The number of hydrogen-bond donors (Lipinski definition) is 1. The summed E-state index contributed by atoms with van der Waals surface area (Å²) in [6.07, 6.45) is 0.888. The van der Waals surface area contributed by atoms with Crippen molar-refractivity contribution < 1.29 is 0 Å². The van der Waals surface area contributed by atoms with Gasteiger partial charge in [0.15, 0.2) is 0 Å². The van der Waals surface area contributed by atoms with Gasteiger partial charge in [0.05, 0.1) is 5.69 Å². The minimum Gasteiger partial charge on any atom is -0.396 e. The van der Waals surface area contributed by atoms with Gasteiger partial charge in [-0.05, 0) is 51.9 Å². The summed E-state index contributed by atoms with van der Waals surface area (Å²) in [7, 11) is 0. The summed E-state index contributed by atoms with van der Waals surface area (Å²) in [6.45, 7) is 2.02. The molecule has 0 radical (unpaired) electrons. The van der Waals surface area contributed by atoms with E-state index in [0.717, 1.165) is 15.6 Å². The van der Waals surface area contributed by atoms with Gasteiger partial charge in [-0.15, -0.1) is 4.91 Å². The fraction of sp³-hybridized carbons (Fsp3) is 0.250. The highest BCUT2D eigenvalue weighted by molar-refractivity contribution is 14.1. The van der Waals surface area contributed by atoms with Crippen LogP contribution in [0.3, 0.4) is 0 Å². The third-order valence-corrected chi connectivity index (χ3v) is 2.57. The molecule has 64 valence electrons. The molecule has 0 unspecified atom stereocenters. The minimum atomic E-state index is 0.346. The van der Waals surface area contributed by atoms with E-state index in [9.17, 15) is 4.91 Å². The van der Waals surface area contributed by atoms with E-state index >= 15 is 0 Å². The molecule has 0 aliphatic carbocycles. The molecular weight excluding hydrogens is 267 g/mol. The number of nitrogen functional groups attached to an aromatic ring is 1. The molecule has 3 nitrogen and oxygen atoms in total. The van der Waals surface area contributed by atoms with E-state index in [1.165, 1.54) is 0 Å². The maximum Gasteiger partial charge on any atom is 0.132 e. The van der Waals surface area contributed by atoms with Gasteiger partial charge in [-0.3, -0.25) is 0 Å². The van der Waals surface area contributed by atoms with Crippen LogP contribution in [0.15, 0.2) is 17.3 Å². The number of nitroso groups, excluding NO2 is 1. The molecule has 0 aliphatic rings. The number of halogens is 1. The normalized spacial score (nSPS) is 9.83. The standard InChI is InChI=1S/C8H9IN2O/c1-2-5-3-6(9)8(10)7(4-5)11-12/h3-4H,2,10H2,1H3. The minimum absolute atomic E-state index is 0.346. The van der Waals surface area contributed by atoms with Crippen molar-refractivity contribution in [2.45, 2.75) is 13.3 Å². The molecule has 4 heteroatoms. The van der Waals surface area contributed by atoms with Crippen molar-refractivity contribution in [1.29, 1.82) is 0 Å². The lowest BCUT2D eigenvalue weighted by molar-refractivity contribution is 1.13. The molecule has 0 amide bonds. The van der Waals surface area contributed by atoms with Crippen molar-refractivity contribution in [1.82, 2.24) is 0 Å². The second kappa shape index (κ2) is 3.84. The van der Waals surface area contributed by atoms with E-state index in [4.69, 9.17) is 5.73 Å². The monoisotopic (exact) mass is 276 g/mol. The quantitative estimate of drug-likeness (QED) is 0.513. The Morgan fingerprint density at radius 3 is 2.75 bits per heavy atom. The van der Waals surface area contributed by atoms with Gasteiger partial charge in [-0.25, -0.2) is 0 Å². The summed E-state index contributed by atoms with van der Waals surface area (Å²) in [5, 5.41) is 2.86. The lowest BCUT2D eigenvalue weighted by atomic mass is 10.1. The maximum absolute atomic E-state index is 10.3. The fourth-order valence-corrected chi connectivity index (χ4v) is 1.61. The largest absolute Gasteiger partial charge is 0.396 e. The fourth-order valence-electron chi connectivity index (χ4n) is 0.938. The highest BCUT2D eigenvalue weighted by Gasteiger charge is 2.04. The van der Waals surface area contributed by atoms with Crippen LogP contribution in [0.4, 0.5) is 11.4 Å². The molecule has 12 heavy (non-hydrogen) atoms. The van der Waals surface area contributed by atoms with Gasteiger partial charge in [0.25, 0.3) is 0 Å². The van der Waals surface area contributed by atoms with Gasteiger partial charge in [-0.1, -0.05) is 6.92 Å². The first-order valence-corrected chi connectivity index (χ1v) is 4.68. The lowest BCUT2D eigenvalue weighted by Gasteiger charge is -2.03. The molecule has 1 rings (SSSR count). The van der Waals surface area contributed by atoms with Crippen LogP contribution in [0.5, 0.6) is 0 Å². The van der Waals surface area contributed by atoms with E-state index < -0.39 is 0 Å². The van der Waals surface area contributed by atoms with E-state index in [0.29, 0.717) is 11.4 Å². The average molecular weight is 276 g/mol. The van der Waals surface area contributed by atoms with E-state index in [1.807, 2.05) is 13.0 Å². The molecule has 0 heterocycles. The van der Waals surface area contributed by atoms with Crippen molar-refractivity contribution in [2.24, 2.45) is 5.18 Å². The molecule has 0 aromatic heterocycles. The van der Waals surface area contributed by atoms with Gasteiger partial charge in [0.1, 0.15) is 5.69 Å². The van der Waals surface area contributed by atoms with Crippen LogP contribution in [0.25, 0.3) is 0 Å². The summed E-state index contributed by atoms with van der Waals surface area (Å²) in [5.41, 5.74) is 7.52. The van der Waals surface area contributed by atoms with Crippen LogP contribution < -0.4 is 5.73 Å². The zero-order valence-electron chi connectivity index (χ0n) is 6.67. The van der Waals surface area contributed by atoms with Crippen molar-refractivity contribution in [3.63, 3.8) is 0 Å². The zero-order valence-corrected chi connectivity index (χ0v) is 8.83. The number of hydrogen-bond acceptors (Lipinski definition) is 3. The second-order valence-corrected chi connectivity index (χ2v) is 3.62. The topological polar surface area (TPSA) is 55.4 Å². The maximum atomic E-state index is 10.3. The Hall–Kier alpha value is -0.650. The molecule has 0 fully saturated rings. The second-order valence-electron chi connectivity index (χ2n) is 2.46. The molecular formula is C8H9IN2O. The third-order valence-electron chi connectivity index (χ3n) is 1.67. The Kier molecular flexibility index (Phi) is 3.02. The molecule has 2 N–H and O–H groups in total. The Balaban J connectivity index is 3.28. The van der Waals surface area contributed by atoms with Crippen LogP contribution in [0, 0.1) is 8.48 Å². The molecule has 1 aromatic rings. The number of nitrogens with two attached hydrogens (primary N) is 1. The molecule has 0 saturated heterocycles. The molecule has 0 saturated carbocycles. The van der Waals surface area contributed by atoms with E-state index in [-0.39, 0.29) is 0 Å². The van der Waals surface area contributed by atoms with Gasteiger partial charge in [0, 0.05) is 3.57 Å². The van der Waals surface area contributed by atoms with Crippen molar-refractivity contribution >= 4 is 34.0 Å². The molecule has 0 aliphatic heterocycles. The van der Waals surface area contributed by atoms with Crippen LogP contribution in [0.1, 0.15) is 12.5 Å². The number of benzene rings is 1. The van der Waals surface area contributed by atoms with Crippen LogP contribution in [-0.4, -0.2) is 0 Å². The molecule has 0 spiro atoms. The summed E-state index contributed by atoms with van der Waals surface area (Å²) >= 11 is 2.10. The van der Waals surface area contributed by atoms with Crippen LogP contribution in [-0.2, 0) is 6.42 Å². The number of rotatable bonds is 2. The van der Waals surface area contributed by atoms with Gasteiger partial charge in [0.2, 0.25) is 0 Å². The van der Waals surface area contributed by atoms with Crippen molar-refractivity contribution in [2.75, 3.05) is 5.73 Å². The van der Waals surface area contributed by atoms with Gasteiger partial charge >= 0.3 is 0 Å². The third kappa shape index (κ3) is 1.74. The summed E-state index contributed by atoms with van der Waals surface area (Å²) in [6, 6.07) is 3.69. The summed E-state index contributed by atoms with van der Waals surface area (Å²) < 4.78 is 0.890. The lowest BCUT2D eigenvalue weighted by Crippen LogP contribution is -1.92. The number of nitrogens with zero attached hydrogens (tertiary/aromatic N) is 1. The summed E-state index contributed by atoms with van der Waals surface area (Å²) in [4.78, 5) is 10.3. The van der Waals surface area contributed by atoms with Crippen molar-refractivity contribution in [3.05, 3.63) is 26.2 Å². The van der Waals surface area contributed by atoms with E-state index in [2.05, 4.69) is 27.8 Å². The zero-order chi connectivity index (χ0) is 9.14. The van der Waals surface area contributed by atoms with Gasteiger partial charge < -0.3 is 5.73 Å². The Bertz CT molecular complexity index is 312. The van der Waals surface area contributed by atoms with Crippen LogP contribution in [0.2, 0.25) is 0 Å². The van der Waals surface area contributed by atoms with Crippen molar-refractivity contribution in [3.8, 4) is 0 Å². The first kappa shape index (κ1) is 9.44. The Morgan fingerprint density at radius 1 is 1.58 bits per heavy atom. The average Bonchev–Trinajstić information content (AvgIpc) is 2.09. The highest BCUT2D eigenvalue weighted by atomic mass is 127. The Labute approximate surface area is 84.5 Å². The first-order chi connectivity index (χ1) is 5.69. The molecule has 0 bridgehead atoms. The molecule has 1 aromatic carbocycles. The molecule has 0 atom stereocenters.